The quantitative estimate of drug-likeness (QED) is 0.671. The van der Waals surface area contributed by atoms with Gasteiger partial charge in [0.15, 0.2) is 0 Å². The second-order valence-corrected chi connectivity index (χ2v) is 5.66. The van der Waals surface area contributed by atoms with E-state index < -0.39 is 7.12 Å². The van der Waals surface area contributed by atoms with E-state index in [9.17, 15) is 5.02 Å². The third-order valence-electron chi connectivity index (χ3n) is 3.79. The summed E-state index contributed by atoms with van der Waals surface area (Å²) < 4.78 is 5.54. The Morgan fingerprint density at radius 2 is 2.06 bits per heavy atom. The molecule has 0 aromatic heterocycles. The maximum atomic E-state index is 9.38. The molecular weight excluding hydrogens is 199 g/mol. The summed E-state index contributed by atoms with van der Waals surface area (Å²) in [5, 5.41) is 9.38. The number of hydrogen-bond acceptors (Lipinski definition) is 2. The molecule has 16 heavy (non-hydrogen) atoms. The van der Waals surface area contributed by atoms with E-state index in [4.69, 9.17) is 4.65 Å². The number of rotatable bonds is 7. The van der Waals surface area contributed by atoms with E-state index in [1.807, 2.05) is 0 Å². The summed E-state index contributed by atoms with van der Waals surface area (Å²) in [6, 6.07) is 0. The number of unbranched alkanes of at least 4 members (excludes halogenated alkanes) is 1. The van der Waals surface area contributed by atoms with Gasteiger partial charge in [-0.15, -0.1) is 0 Å². The predicted octanol–water partition coefficient (Wildman–Crippen LogP) is 3.64. The SMILES string of the molecule is CCCCC(C)(CCC)CC1CCB(O)O1. The van der Waals surface area contributed by atoms with Gasteiger partial charge in [-0.2, -0.15) is 0 Å². The van der Waals surface area contributed by atoms with Crippen LogP contribution in [0.1, 0.15) is 65.7 Å². The van der Waals surface area contributed by atoms with Crippen molar-refractivity contribution in [3.05, 3.63) is 0 Å². The molecule has 0 aromatic carbocycles. The van der Waals surface area contributed by atoms with Gasteiger partial charge in [0.2, 0.25) is 0 Å². The molecule has 0 aromatic rings. The first-order valence-corrected chi connectivity index (χ1v) is 6.93. The summed E-state index contributed by atoms with van der Waals surface area (Å²) >= 11 is 0. The fourth-order valence-electron chi connectivity index (χ4n) is 2.92. The van der Waals surface area contributed by atoms with Crippen LogP contribution in [0, 0.1) is 5.41 Å². The zero-order valence-corrected chi connectivity index (χ0v) is 11.2. The van der Waals surface area contributed by atoms with E-state index in [2.05, 4.69) is 20.8 Å². The molecule has 1 aliphatic rings. The smallest absolute Gasteiger partial charge is 0.427 e. The number of hydrogen-bond donors (Lipinski definition) is 1. The van der Waals surface area contributed by atoms with Gasteiger partial charge < -0.3 is 9.68 Å². The summed E-state index contributed by atoms with van der Waals surface area (Å²) in [6.07, 6.45) is 9.68. The summed E-state index contributed by atoms with van der Waals surface area (Å²) in [5.74, 6) is 0. The molecule has 0 radical (unpaired) electrons. The van der Waals surface area contributed by atoms with Gasteiger partial charge in [0.25, 0.3) is 0 Å². The molecule has 1 aliphatic heterocycles. The van der Waals surface area contributed by atoms with Gasteiger partial charge in [-0.3, -0.25) is 0 Å². The summed E-state index contributed by atoms with van der Waals surface area (Å²) in [4.78, 5) is 0. The summed E-state index contributed by atoms with van der Waals surface area (Å²) in [5.41, 5.74) is 0.416. The van der Waals surface area contributed by atoms with Crippen LogP contribution in [0.3, 0.4) is 0 Å². The highest BCUT2D eigenvalue weighted by atomic mass is 16.5. The highest BCUT2D eigenvalue weighted by molar-refractivity contribution is 6.43. The van der Waals surface area contributed by atoms with Crippen molar-refractivity contribution in [2.45, 2.75) is 78.1 Å². The minimum atomic E-state index is -0.498. The lowest BCUT2D eigenvalue weighted by Crippen LogP contribution is -2.25. The van der Waals surface area contributed by atoms with Crippen molar-refractivity contribution in [1.82, 2.24) is 0 Å². The van der Waals surface area contributed by atoms with E-state index in [0.29, 0.717) is 11.5 Å². The van der Waals surface area contributed by atoms with Crippen LogP contribution >= 0.6 is 0 Å². The third kappa shape index (κ3) is 4.46. The van der Waals surface area contributed by atoms with Crippen LogP contribution in [-0.4, -0.2) is 18.2 Å². The molecule has 94 valence electrons. The zero-order valence-electron chi connectivity index (χ0n) is 11.2. The molecule has 1 N–H and O–H groups in total. The maximum absolute atomic E-state index is 9.38. The van der Waals surface area contributed by atoms with E-state index in [1.54, 1.807) is 0 Å². The van der Waals surface area contributed by atoms with Gasteiger partial charge in [0, 0.05) is 6.10 Å². The molecule has 1 heterocycles. The average molecular weight is 226 g/mol. The minimum absolute atomic E-state index is 0.295. The highest BCUT2D eigenvalue weighted by Gasteiger charge is 2.34. The zero-order chi connectivity index (χ0) is 12.0. The largest absolute Gasteiger partial charge is 0.454 e. The molecule has 1 fully saturated rings. The van der Waals surface area contributed by atoms with Crippen LogP contribution in [-0.2, 0) is 4.65 Å². The molecule has 1 rings (SSSR count). The maximum Gasteiger partial charge on any atom is 0.454 e. The Morgan fingerprint density at radius 3 is 2.56 bits per heavy atom. The molecule has 0 amide bonds. The van der Waals surface area contributed by atoms with Gasteiger partial charge in [-0.05, 0) is 37.4 Å². The Labute approximate surface area is 101 Å². The Hall–Kier alpha value is -0.0151. The van der Waals surface area contributed by atoms with Gasteiger partial charge >= 0.3 is 7.12 Å². The summed E-state index contributed by atoms with van der Waals surface area (Å²) in [6.45, 7) is 6.90. The molecule has 2 nitrogen and oxygen atoms in total. The fourth-order valence-corrected chi connectivity index (χ4v) is 2.92. The van der Waals surface area contributed by atoms with Gasteiger partial charge in [-0.1, -0.05) is 40.0 Å². The Bertz CT molecular complexity index is 198. The van der Waals surface area contributed by atoms with Crippen molar-refractivity contribution in [2.75, 3.05) is 0 Å². The third-order valence-corrected chi connectivity index (χ3v) is 3.79. The second-order valence-electron chi connectivity index (χ2n) is 5.66. The molecule has 2 unspecified atom stereocenters. The van der Waals surface area contributed by atoms with Crippen LogP contribution in [0.15, 0.2) is 0 Å². The van der Waals surface area contributed by atoms with Crippen LogP contribution in [0.4, 0.5) is 0 Å². The van der Waals surface area contributed by atoms with E-state index in [1.165, 1.54) is 32.1 Å². The van der Waals surface area contributed by atoms with Gasteiger partial charge in [0.1, 0.15) is 0 Å². The molecule has 0 aliphatic carbocycles. The van der Waals surface area contributed by atoms with Crippen molar-refractivity contribution in [1.29, 1.82) is 0 Å². The lowest BCUT2D eigenvalue weighted by Gasteiger charge is -2.32. The molecule has 0 saturated carbocycles. The monoisotopic (exact) mass is 226 g/mol. The Morgan fingerprint density at radius 1 is 1.31 bits per heavy atom. The van der Waals surface area contributed by atoms with Crippen molar-refractivity contribution < 1.29 is 9.68 Å². The second kappa shape index (κ2) is 6.66. The minimum Gasteiger partial charge on any atom is -0.427 e. The van der Waals surface area contributed by atoms with Crippen LogP contribution < -0.4 is 0 Å². The Balaban J connectivity index is 2.42. The van der Waals surface area contributed by atoms with Crippen molar-refractivity contribution in [2.24, 2.45) is 5.41 Å². The van der Waals surface area contributed by atoms with E-state index in [-0.39, 0.29) is 0 Å². The average Bonchev–Trinajstić information content (AvgIpc) is 2.61. The molecule has 0 bridgehead atoms. The molecule has 0 spiro atoms. The lowest BCUT2D eigenvalue weighted by molar-refractivity contribution is 0.114. The topological polar surface area (TPSA) is 29.5 Å². The summed E-state index contributed by atoms with van der Waals surface area (Å²) in [7, 11) is -0.498. The van der Waals surface area contributed by atoms with Crippen LogP contribution in [0.5, 0.6) is 0 Å². The first-order valence-electron chi connectivity index (χ1n) is 6.93. The Kier molecular flexibility index (Phi) is 5.84. The van der Waals surface area contributed by atoms with Gasteiger partial charge in [-0.25, -0.2) is 0 Å². The fraction of sp³-hybridized carbons (Fsp3) is 1.00. The first-order chi connectivity index (χ1) is 7.59. The van der Waals surface area contributed by atoms with E-state index in [0.717, 1.165) is 19.2 Å². The molecule has 1 saturated heterocycles. The van der Waals surface area contributed by atoms with Crippen molar-refractivity contribution >= 4 is 7.12 Å². The molecule has 3 heteroatoms. The van der Waals surface area contributed by atoms with Crippen molar-refractivity contribution in [3.63, 3.8) is 0 Å². The normalized spacial score (nSPS) is 24.8. The first kappa shape index (κ1) is 14.0. The predicted molar refractivity (Wildman–Crippen MR) is 69.4 cm³/mol. The standard InChI is InChI=1S/C13H27BO2/c1-4-6-9-13(3,8-5-2)11-12-7-10-14(15)16-12/h12,15H,4-11H2,1-3H3. The molecular formula is C13H27BO2. The van der Waals surface area contributed by atoms with E-state index >= 15 is 0 Å². The highest BCUT2D eigenvalue weighted by Crippen LogP contribution is 2.38. The van der Waals surface area contributed by atoms with Crippen LogP contribution in [0.25, 0.3) is 0 Å². The van der Waals surface area contributed by atoms with Crippen molar-refractivity contribution in [3.8, 4) is 0 Å². The van der Waals surface area contributed by atoms with Crippen LogP contribution in [0.2, 0.25) is 6.32 Å². The lowest BCUT2D eigenvalue weighted by atomic mass is 9.76. The van der Waals surface area contributed by atoms with Gasteiger partial charge in [0.05, 0.1) is 0 Å². The molecule has 2 atom stereocenters.